The van der Waals surface area contributed by atoms with Gasteiger partial charge in [0.1, 0.15) is 0 Å². The number of nitrogens with one attached hydrogen (secondary N) is 1. The minimum atomic E-state index is -0.264. The Morgan fingerprint density at radius 2 is 1.93 bits per heavy atom. The van der Waals surface area contributed by atoms with Crippen LogP contribution < -0.4 is 14.8 Å². The molecule has 0 unspecified atom stereocenters. The summed E-state index contributed by atoms with van der Waals surface area (Å²) in [5, 5.41) is 2.75. The van der Waals surface area contributed by atoms with Crippen molar-refractivity contribution in [3.63, 3.8) is 0 Å². The first-order chi connectivity index (χ1) is 13.1. The number of rotatable bonds is 7. The van der Waals surface area contributed by atoms with Crippen molar-refractivity contribution < 1.29 is 23.5 Å². The van der Waals surface area contributed by atoms with E-state index in [0.717, 1.165) is 12.0 Å². The summed E-state index contributed by atoms with van der Waals surface area (Å²) in [6, 6.07) is 7.20. The van der Waals surface area contributed by atoms with Gasteiger partial charge < -0.3 is 24.1 Å². The smallest absolute Gasteiger partial charge is 0.286 e. The highest BCUT2D eigenvalue weighted by molar-refractivity contribution is 5.91. The number of carbonyl (C=O) groups excluding carboxylic acids is 2. The van der Waals surface area contributed by atoms with Crippen LogP contribution in [0.1, 0.15) is 34.5 Å². The highest BCUT2D eigenvalue weighted by atomic mass is 16.5. The van der Waals surface area contributed by atoms with E-state index in [0.29, 0.717) is 44.0 Å². The predicted octanol–water partition coefficient (Wildman–Crippen LogP) is 2.39. The van der Waals surface area contributed by atoms with E-state index in [2.05, 4.69) is 5.32 Å². The van der Waals surface area contributed by atoms with Crippen LogP contribution in [-0.2, 0) is 17.8 Å². The molecule has 2 aromatic rings. The zero-order valence-corrected chi connectivity index (χ0v) is 15.6. The molecule has 2 heterocycles. The van der Waals surface area contributed by atoms with Gasteiger partial charge in [0, 0.05) is 26.1 Å². The lowest BCUT2D eigenvalue weighted by atomic mass is 9.98. The van der Waals surface area contributed by atoms with Gasteiger partial charge in [0.2, 0.25) is 5.91 Å². The Balaban J connectivity index is 1.49. The second kappa shape index (κ2) is 8.62. The summed E-state index contributed by atoms with van der Waals surface area (Å²) in [7, 11) is 3.22. The van der Waals surface area contributed by atoms with Gasteiger partial charge in [-0.05, 0) is 48.2 Å². The van der Waals surface area contributed by atoms with Crippen LogP contribution in [0.25, 0.3) is 0 Å². The number of hydrogen-bond acceptors (Lipinski definition) is 5. The number of carbonyl (C=O) groups is 2. The molecular formula is C20H24N2O5. The van der Waals surface area contributed by atoms with Crippen molar-refractivity contribution in [3.05, 3.63) is 47.4 Å². The molecule has 2 amide bonds. The van der Waals surface area contributed by atoms with E-state index in [4.69, 9.17) is 13.9 Å². The molecule has 7 nitrogen and oxygen atoms in total. The summed E-state index contributed by atoms with van der Waals surface area (Å²) in [6.45, 7) is 1.67. The zero-order chi connectivity index (χ0) is 19.2. The Kier molecular flexibility index (Phi) is 6.01. The third-order valence-corrected chi connectivity index (χ3v) is 4.67. The van der Waals surface area contributed by atoms with Crippen LogP contribution in [0.15, 0.2) is 34.9 Å². The van der Waals surface area contributed by atoms with E-state index in [-0.39, 0.29) is 17.6 Å². The van der Waals surface area contributed by atoms with Crippen LogP contribution in [0.4, 0.5) is 0 Å². The van der Waals surface area contributed by atoms with E-state index in [9.17, 15) is 9.59 Å². The number of amides is 2. The standard InChI is InChI=1S/C20H24N2O5/c1-25-17-11-14-7-9-22(13-15(14)12-18(17)26-2)19(23)6-3-8-21-20(24)16-5-4-10-27-16/h4-5,10-12H,3,6-9,13H2,1-2H3,(H,21,24). The third-order valence-electron chi connectivity index (χ3n) is 4.67. The van der Waals surface area contributed by atoms with Gasteiger partial charge in [-0.3, -0.25) is 9.59 Å². The molecule has 27 heavy (non-hydrogen) atoms. The second-order valence-electron chi connectivity index (χ2n) is 6.38. The van der Waals surface area contributed by atoms with Gasteiger partial charge in [0.05, 0.1) is 20.5 Å². The van der Waals surface area contributed by atoms with Crippen molar-refractivity contribution >= 4 is 11.8 Å². The van der Waals surface area contributed by atoms with Crippen LogP contribution in [0.2, 0.25) is 0 Å². The number of methoxy groups -OCH3 is 2. The molecule has 0 aliphatic carbocycles. The lowest BCUT2D eigenvalue weighted by Crippen LogP contribution is -2.36. The lowest BCUT2D eigenvalue weighted by Gasteiger charge is -2.29. The minimum Gasteiger partial charge on any atom is -0.493 e. The van der Waals surface area contributed by atoms with E-state index in [1.54, 1.807) is 26.4 Å². The molecule has 0 atom stereocenters. The van der Waals surface area contributed by atoms with E-state index < -0.39 is 0 Å². The maximum absolute atomic E-state index is 12.5. The summed E-state index contributed by atoms with van der Waals surface area (Å²) in [5.41, 5.74) is 2.26. The first-order valence-electron chi connectivity index (χ1n) is 8.95. The number of furan rings is 1. The van der Waals surface area contributed by atoms with Gasteiger partial charge in [-0.25, -0.2) is 0 Å². The van der Waals surface area contributed by atoms with Crippen molar-refractivity contribution in [2.45, 2.75) is 25.8 Å². The molecule has 144 valence electrons. The molecule has 0 bridgehead atoms. The first kappa shape index (κ1) is 18.8. The summed E-state index contributed by atoms with van der Waals surface area (Å²) in [5.74, 6) is 1.48. The van der Waals surface area contributed by atoms with Gasteiger partial charge in [-0.1, -0.05) is 0 Å². The summed E-state index contributed by atoms with van der Waals surface area (Å²) < 4.78 is 15.7. The molecular weight excluding hydrogens is 348 g/mol. The fourth-order valence-corrected chi connectivity index (χ4v) is 3.19. The van der Waals surface area contributed by atoms with Crippen molar-refractivity contribution in [1.29, 1.82) is 0 Å². The normalized spacial score (nSPS) is 13.0. The van der Waals surface area contributed by atoms with E-state index in [1.807, 2.05) is 17.0 Å². The predicted molar refractivity (Wildman–Crippen MR) is 98.9 cm³/mol. The summed E-state index contributed by atoms with van der Waals surface area (Å²) in [6.07, 6.45) is 3.22. The minimum absolute atomic E-state index is 0.0858. The lowest BCUT2D eigenvalue weighted by molar-refractivity contribution is -0.132. The van der Waals surface area contributed by atoms with Crippen LogP contribution in [0.3, 0.4) is 0 Å². The Morgan fingerprint density at radius 1 is 1.19 bits per heavy atom. The molecule has 1 aliphatic rings. The monoisotopic (exact) mass is 372 g/mol. The van der Waals surface area contributed by atoms with Crippen LogP contribution in [-0.4, -0.2) is 44.0 Å². The molecule has 0 saturated heterocycles. The Hall–Kier alpha value is -2.96. The quantitative estimate of drug-likeness (QED) is 0.755. The molecule has 7 heteroatoms. The zero-order valence-electron chi connectivity index (χ0n) is 15.6. The molecule has 1 aromatic carbocycles. The molecule has 1 aliphatic heterocycles. The van der Waals surface area contributed by atoms with Crippen molar-refractivity contribution in [3.8, 4) is 11.5 Å². The fraction of sp³-hybridized carbons (Fsp3) is 0.400. The third kappa shape index (κ3) is 4.42. The Morgan fingerprint density at radius 3 is 2.59 bits per heavy atom. The maximum atomic E-state index is 12.5. The van der Waals surface area contributed by atoms with Gasteiger partial charge in [-0.2, -0.15) is 0 Å². The van der Waals surface area contributed by atoms with Gasteiger partial charge in [-0.15, -0.1) is 0 Å². The van der Waals surface area contributed by atoms with Crippen LogP contribution in [0, 0.1) is 0 Å². The van der Waals surface area contributed by atoms with Crippen molar-refractivity contribution in [2.75, 3.05) is 27.3 Å². The Labute approximate surface area is 158 Å². The first-order valence-corrected chi connectivity index (χ1v) is 8.95. The number of fused-ring (bicyclic) bond motifs is 1. The molecule has 0 radical (unpaired) electrons. The van der Waals surface area contributed by atoms with E-state index >= 15 is 0 Å². The van der Waals surface area contributed by atoms with Gasteiger partial charge in [0.15, 0.2) is 17.3 Å². The molecule has 0 spiro atoms. The van der Waals surface area contributed by atoms with E-state index in [1.165, 1.54) is 11.8 Å². The topological polar surface area (TPSA) is 81.0 Å². The largest absolute Gasteiger partial charge is 0.493 e. The second-order valence-corrected chi connectivity index (χ2v) is 6.38. The highest BCUT2D eigenvalue weighted by Crippen LogP contribution is 2.33. The van der Waals surface area contributed by atoms with Crippen molar-refractivity contribution in [2.24, 2.45) is 0 Å². The van der Waals surface area contributed by atoms with Crippen LogP contribution >= 0.6 is 0 Å². The number of hydrogen-bond donors (Lipinski definition) is 1. The molecule has 3 rings (SSSR count). The SMILES string of the molecule is COc1cc2c(cc1OC)CN(C(=O)CCCNC(=O)c1ccco1)CC2. The highest BCUT2D eigenvalue weighted by Gasteiger charge is 2.22. The molecule has 1 aromatic heterocycles. The van der Waals surface area contributed by atoms with Crippen LogP contribution in [0.5, 0.6) is 11.5 Å². The van der Waals surface area contributed by atoms with Gasteiger partial charge >= 0.3 is 0 Å². The van der Waals surface area contributed by atoms with Gasteiger partial charge in [0.25, 0.3) is 5.91 Å². The number of benzene rings is 1. The fourth-order valence-electron chi connectivity index (χ4n) is 3.19. The summed E-state index contributed by atoms with van der Waals surface area (Å²) >= 11 is 0. The molecule has 1 N–H and O–H groups in total. The number of ether oxygens (including phenoxy) is 2. The average molecular weight is 372 g/mol. The molecule has 0 fully saturated rings. The Bertz CT molecular complexity index is 801. The summed E-state index contributed by atoms with van der Waals surface area (Å²) in [4.78, 5) is 26.1. The maximum Gasteiger partial charge on any atom is 0.286 e. The molecule has 0 saturated carbocycles. The number of nitrogens with zero attached hydrogens (tertiary/aromatic N) is 1. The van der Waals surface area contributed by atoms with Crippen molar-refractivity contribution in [1.82, 2.24) is 10.2 Å². The average Bonchev–Trinajstić information content (AvgIpc) is 3.24.